The summed E-state index contributed by atoms with van der Waals surface area (Å²) in [4.78, 5) is 26.1. The van der Waals surface area contributed by atoms with Gasteiger partial charge in [0.05, 0.1) is 11.9 Å². The number of carbonyl (C=O) groups excluding carboxylic acids is 1. The number of para-hydroxylation sites is 1. The lowest BCUT2D eigenvalue weighted by molar-refractivity contribution is -0.121. The van der Waals surface area contributed by atoms with Crippen LogP contribution in [-0.4, -0.2) is 26.8 Å². The van der Waals surface area contributed by atoms with E-state index in [0.717, 1.165) is 24.6 Å². The first kappa shape index (κ1) is 18.6. The van der Waals surface area contributed by atoms with Gasteiger partial charge in [0, 0.05) is 6.42 Å². The van der Waals surface area contributed by atoms with E-state index in [9.17, 15) is 14.7 Å². The van der Waals surface area contributed by atoms with E-state index in [4.69, 9.17) is 12.2 Å². The molecular weight excluding hydrogens is 340 g/mol. The van der Waals surface area contributed by atoms with Crippen LogP contribution in [0.3, 0.4) is 0 Å². The summed E-state index contributed by atoms with van der Waals surface area (Å²) in [5.74, 6) is -0.588. The SMILES string of the molecule is CCCCC(=O)NN=Cc1c(O)n(-c2ccccc2C)c(=S)[nH]c1=O. The Balaban J connectivity index is 2.39. The molecule has 0 atom stereocenters. The third-order valence-electron chi connectivity index (χ3n) is 3.62. The molecule has 1 aromatic carbocycles. The van der Waals surface area contributed by atoms with Crippen LogP contribution in [0.2, 0.25) is 0 Å². The molecule has 0 aliphatic heterocycles. The average molecular weight is 360 g/mol. The van der Waals surface area contributed by atoms with Crippen molar-refractivity contribution in [2.24, 2.45) is 5.10 Å². The highest BCUT2D eigenvalue weighted by molar-refractivity contribution is 7.71. The Labute approximate surface area is 150 Å². The fraction of sp³-hybridized carbons (Fsp3) is 0.294. The smallest absolute Gasteiger partial charge is 0.264 e. The Hall–Kier alpha value is -2.74. The average Bonchev–Trinajstić information content (AvgIpc) is 2.57. The van der Waals surface area contributed by atoms with Crippen LogP contribution in [0.4, 0.5) is 0 Å². The maximum atomic E-state index is 12.1. The second-order valence-electron chi connectivity index (χ2n) is 5.52. The number of H-pyrrole nitrogens is 1. The second-order valence-corrected chi connectivity index (χ2v) is 5.90. The number of unbranched alkanes of at least 4 members (excludes halogenated alkanes) is 1. The van der Waals surface area contributed by atoms with Crippen LogP contribution in [0.15, 0.2) is 34.2 Å². The highest BCUT2D eigenvalue weighted by atomic mass is 32.1. The highest BCUT2D eigenvalue weighted by Crippen LogP contribution is 2.21. The second kappa shape index (κ2) is 8.39. The number of carbonyl (C=O) groups is 1. The number of aromatic hydroxyl groups is 1. The molecule has 8 heteroatoms. The maximum absolute atomic E-state index is 12.1. The summed E-state index contributed by atoms with van der Waals surface area (Å²) in [6.07, 6.45) is 3.12. The summed E-state index contributed by atoms with van der Waals surface area (Å²) in [6, 6.07) is 7.30. The van der Waals surface area contributed by atoms with E-state index in [0.29, 0.717) is 12.1 Å². The van der Waals surface area contributed by atoms with Crippen molar-refractivity contribution in [1.82, 2.24) is 15.0 Å². The zero-order chi connectivity index (χ0) is 18.4. The van der Waals surface area contributed by atoms with Crippen molar-refractivity contribution in [3.63, 3.8) is 0 Å². The molecule has 7 nitrogen and oxygen atoms in total. The third kappa shape index (κ3) is 4.42. The van der Waals surface area contributed by atoms with Crippen molar-refractivity contribution in [3.8, 4) is 11.6 Å². The summed E-state index contributed by atoms with van der Waals surface area (Å²) in [5, 5.41) is 14.3. The zero-order valence-corrected chi connectivity index (χ0v) is 14.9. The van der Waals surface area contributed by atoms with Gasteiger partial charge in [-0.2, -0.15) is 5.10 Å². The number of aryl methyl sites for hydroxylation is 1. The first-order valence-corrected chi connectivity index (χ1v) is 8.32. The molecule has 0 fully saturated rings. The number of benzene rings is 1. The van der Waals surface area contributed by atoms with Gasteiger partial charge in [-0.1, -0.05) is 31.5 Å². The molecule has 0 aliphatic rings. The predicted molar refractivity (Wildman–Crippen MR) is 98.9 cm³/mol. The first-order valence-electron chi connectivity index (χ1n) is 7.92. The number of hydrogen-bond acceptors (Lipinski definition) is 5. The summed E-state index contributed by atoms with van der Waals surface area (Å²) >= 11 is 5.16. The van der Waals surface area contributed by atoms with Gasteiger partial charge >= 0.3 is 0 Å². The molecule has 0 bridgehead atoms. The molecule has 1 amide bonds. The van der Waals surface area contributed by atoms with Crippen LogP contribution in [0.25, 0.3) is 5.69 Å². The van der Waals surface area contributed by atoms with Gasteiger partial charge in [0.25, 0.3) is 5.56 Å². The number of hydrazone groups is 1. The molecule has 1 heterocycles. The van der Waals surface area contributed by atoms with Crippen LogP contribution >= 0.6 is 12.2 Å². The fourth-order valence-corrected chi connectivity index (χ4v) is 2.53. The van der Waals surface area contributed by atoms with Crippen LogP contribution < -0.4 is 11.0 Å². The normalized spacial score (nSPS) is 11.0. The number of hydrogen-bond donors (Lipinski definition) is 3. The molecule has 1 aromatic heterocycles. The van der Waals surface area contributed by atoms with Gasteiger partial charge in [-0.05, 0) is 37.2 Å². The van der Waals surface area contributed by atoms with Gasteiger partial charge in [-0.15, -0.1) is 0 Å². The van der Waals surface area contributed by atoms with Crippen LogP contribution in [-0.2, 0) is 4.79 Å². The number of nitrogens with zero attached hydrogens (tertiary/aromatic N) is 2. The van der Waals surface area contributed by atoms with E-state index in [1.807, 2.05) is 26.0 Å². The zero-order valence-electron chi connectivity index (χ0n) is 14.1. The van der Waals surface area contributed by atoms with E-state index < -0.39 is 5.56 Å². The Morgan fingerprint density at radius 3 is 2.84 bits per heavy atom. The molecule has 0 radical (unpaired) electrons. The van der Waals surface area contributed by atoms with Gasteiger partial charge in [-0.25, -0.2) is 5.43 Å². The number of aromatic nitrogens is 2. The lowest BCUT2D eigenvalue weighted by Gasteiger charge is -2.13. The van der Waals surface area contributed by atoms with Gasteiger partial charge in [0.2, 0.25) is 11.8 Å². The topological polar surface area (TPSA) is 99.5 Å². The lowest BCUT2D eigenvalue weighted by atomic mass is 10.2. The summed E-state index contributed by atoms with van der Waals surface area (Å²) < 4.78 is 1.42. The van der Waals surface area contributed by atoms with Crippen molar-refractivity contribution in [2.45, 2.75) is 33.1 Å². The quantitative estimate of drug-likeness (QED) is 0.419. The van der Waals surface area contributed by atoms with Crippen LogP contribution in [0, 0.1) is 11.7 Å². The minimum absolute atomic E-state index is 0.0703. The van der Waals surface area contributed by atoms with Crippen molar-refractivity contribution < 1.29 is 9.90 Å². The van der Waals surface area contributed by atoms with Crippen LogP contribution in [0.1, 0.15) is 37.3 Å². The molecular formula is C17H20N4O3S. The van der Waals surface area contributed by atoms with Gasteiger partial charge in [-0.3, -0.25) is 19.1 Å². The maximum Gasteiger partial charge on any atom is 0.264 e. The van der Waals surface area contributed by atoms with E-state index >= 15 is 0 Å². The molecule has 0 spiro atoms. The monoisotopic (exact) mass is 360 g/mol. The molecule has 0 saturated heterocycles. The number of nitrogens with one attached hydrogen (secondary N) is 2. The van der Waals surface area contributed by atoms with Crippen LogP contribution in [0.5, 0.6) is 5.88 Å². The van der Waals surface area contributed by atoms with E-state index in [1.165, 1.54) is 4.57 Å². The van der Waals surface area contributed by atoms with Gasteiger partial charge < -0.3 is 5.11 Å². The molecule has 3 N–H and O–H groups in total. The van der Waals surface area contributed by atoms with Crippen molar-refractivity contribution >= 4 is 24.3 Å². The summed E-state index contributed by atoms with van der Waals surface area (Å²) in [7, 11) is 0. The molecule has 0 unspecified atom stereocenters. The Bertz CT molecular complexity index is 915. The van der Waals surface area contributed by atoms with Gasteiger partial charge in [0.1, 0.15) is 5.56 Å². The van der Waals surface area contributed by atoms with E-state index in [-0.39, 0.29) is 22.1 Å². The standard InChI is InChI=1S/C17H20N4O3S/c1-3-4-9-14(22)20-18-10-12-15(23)19-17(25)21(16(12)24)13-8-6-5-7-11(13)2/h5-8,10,24H,3-4,9H2,1-2H3,(H,20,22)(H,19,23,25). The van der Waals surface area contributed by atoms with E-state index in [1.54, 1.807) is 12.1 Å². The van der Waals surface area contributed by atoms with E-state index in [2.05, 4.69) is 15.5 Å². The molecule has 25 heavy (non-hydrogen) atoms. The van der Waals surface area contributed by atoms with Gasteiger partial charge in [0.15, 0.2) is 4.77 Å². The molecule has 0 saturated carbocycles. The minimum atomic E-state index is -0.584. The lowest BCUT2D eigenvalue weighted by Crippen LogP contribution is -2.21. The number of aromatic amines is 1. The first-order chi connectivity index (χ1) is 12.0. The predicted octanol–water partition coefficient (Wildman–Crippen LogP) is 2.55. The number of amides is 1. The van der Waals surface area contributed by atoms with Crippen molar-refractivity contribution in [2.75, 3.05) is 0 Å². The third-order valence-corrected chi connectivity index (χ3v) is 3.90. The Morgan fingerprint density at radius 1 is 1.44 bits per heavy atom. The summed E-state index contributed by atoms with van der Waals surface area (Å²) in [6.45, 7) is 3.85. The molecule has 132 valence electrons. The summed E-state index contributed by atoms with van der Waals surface area (Å²) in [5.41, 5.74) is 3.18. The highest BCUT2D eigenvalue weighted by Gasteiger charge is 2.13. The largest absolute Gasteiger partial charge is 0.494 e. The number of rotatable bonds is 6. The fourth-order valence-electron chi connectivity index (χ4n) is 2.25. The van der Waals surface area contributed by atoms with Crippen molar-refractivity contribution in [1.29, 1.82) is 0 Å². The molecule has 2 aromatic rings. The molecule has 0 aliphatic carbocycles. The Kier molecular flexibility index (Phi) is 6.24. The Morgan fingerprint density at radius 2 is 2.16 bits per heavy atom. The molecule has 2 rings (SSSR count). The van der Waals surface area contributed by atoms with Crippen molar-refractivity contribution in [3.05, 3.63) is 50.5 Å². The minimum Gasteiger partial charge on any atom is -0.494 e.